The molecule has 0 saturated heterocycles. The maximum atomic E-state index is 13.0. The third-order valence-electron chi connectivity index (χ3n) is 6.84. The molecule has 0 unspecified atom stereocenters. The second kappa shape index (κ2) is 17.0. The number of thiazole rings is 2. The zero-order chi connectivity index (χ0) is 31.1. The Labute approximate surface area is 269 Å². The van der Waals surface area contributed by atoms with Gasteiger partial charge < -0.3 is 25.1 Å². The highest BCUT2D eigenvalue weighted by Crippen LogP contribution is 2.13. The molecule has 0 spiro atoms. The van der Waals surface area contributed by atoms with Gasteiger partial charge in [-0.2, -0.15) is 0 Å². The standard InChI is InChI=1S/C32H35N7O4S2/c40-31(42-20-29-16-34-23-45-29)37-26(13-24-7-3-1-4-8-24)17-39(19-28-15-33-22-36-28)18-27(14-25-9-5-2-6-10-25)38-32(41)43-21-30-35-11-12-44-30/h1-12,15-16,22-23,26-27H,13-14,17-21H2,(H,33,36)(H,37,40)(H,38,41)/t26-,27-/m0/s1. The van der Waals surface area contributed by atoms with Crippen LogP contribution >= 0.6 is 22.7 Å². The third-order valence-corrected chi connectivity index (χ3v) is 8.35. The van der Waals surface area contributed by atoms with Crippen LogP contribution in [0.1, 0.15) is 26.7 Å². The average molecular weight is 646 g/mol. The minimum Gasteiger partial charge on any atom is -0.444 e. The van der Waals surface area contributed by atoms with Gasteiger partial charge in [-0.25, -0.2) is 19.6 Å². The highest BCUT2D eigenvalue weighted by atomic mass is 32.1. The maximum Gasteiger partial charge on any atom is 0.407 e. The fourth-order valence-corrected chi connectivity index (χ4v) is 5.91. The largest absolute Gasteiger partial charge is 0.444 e. The molecule has 45 heavy (non-hydrogen) atoms. The molecule has 3 heterocycles. The van der Waals surface area contributed by atoms with Crippen molar-refractivity contribution in [3.63, 3.8) is 0 Å². The van der Waals surface area contributed by atoms with Crippen LogP contribution in [0.15, 0.2) is 96.5 Å². The smallest absolute Gasteiger partial charge is 0.407 e. The molecule has 0 radical (unpaired) electrons. The molecule has 0 saturated carbocycles. The fourth-order valence-electron chi connectivity index (χ4n) is 4.88. The molecule has 13 heteroatoms. The van der Waals surface area contributed by atoms with Crippen molar-refractivity contribution in [1.82, 2.24) is 35.5 Å². The first-order valence-electron chi connectivity index (χ1n) is 14.5. The van der Waals surface area contributed by atoms with Crippen LogP contribution in [-0.2, 0) is 42.1 Å². The molecule has 2 amide bonds. The summed E-state index contributed by atoms with van der Waals surface area (Å²) in [6.07, 6.45) is 6.93. The lowest BCUT2D eigenvalue weighted by Gasteiger charge is -2.31. The van der Waals surface area contributed by atoms with E-state index in [9.17, 15) is 9.59 Å². The van der Waals surface area contributed by atoms with Gasteiger partial charge >= 0.3 is 12.2 Å². The van der Waals surface area contributed by atoms with Crippen molar-refractivity contribution >= 4 is 34.9 Å². The molecule has 0 fully saturated rings. The van der Waals surface area contributed by atoms with E-state index in [1.807, 2.05) is 66.0 Å². The van der Waals surface area contributed by atoms with Gasteiger partial charge in [0.1, 0.15) is 18.2 Å². The van der Waals surface area contributed by atoms with Gasteiger partial charge in [0.05, 0.1) is 16.7 Å². The Morgan fingerprint density at radius 1 is 0.822 bits per heavy atom. The normalized spacial score (nSPS) is 12.4. The van der Waals surface area contributed by atoms with Crippen molar-refractivity contribution in [2.75, 3.05) is 13.1 Å². The van der Waals surface area contributed by atoms with E-state index < -0.39 is 12.2 Å². The van der Waals surface area contributed by atoms with Crippen LogP contribution in [0.4, 0.5) is 9.59 Å². The van der Waals surface area contributed by atoms with Gasteiger partial charge in [-0.3, -0.25) is 9.88 Å². The number of nitrogens with zero attached hydrogens (tertiary/aromatic N) is 4. The number of hydrogen-bond acceptors (Lipinski definition) is 10. The molecule has 11 nitrogen and oxygen atoms in total. The minimum atomic E-state index is -0.516. The predicted molar refractivity (Wildman–Crippen MR) is 173 cm³/mol. The van der Waals surface area contributed by atoms with Gasteiger partial charge in [-0.05, 0) is 24.0 Å². The highest BCUT2D eigenvalue weighted by molar-refractivity contribution is 7.09. The molecule has 2 aromatic carbocycles. The molecule has 2 atom stereocenters. The van der Waals surface area contributed by atoms with Gasteiger partial charge in [0, 0.05) is 61.4 Å². The maximum absolute atomic E-state index is 13.0. The first kappa shape index (κ1) is 31.8. The number of rotatable bonds is 16. The fraction of sp³-hybridized carbons (Fsp3) is 0.281. The number of alkyl carbamates (subject to hydrolysis) is 2. The number of nitrogens with one attached hydrogen (secondary N) is 3. The molecule has 3 N–H and O–H groups in total. The third kappa shape index (κ3) is 11.1. The summed E-state index contributed by atoms with van der Waals surface area (Å²) in [5.74, 6) is 0. The summed E-state index contributed by atoms with van der Waals surface area (Å²) >= 11 is 2.87. The molecule has 234 valence electrons. The lowest BCUT2D eigenvalue weighted by Crippen LogP contribution is -2.50. The van der Waals surface area contributed by atoms with E-state index in [2.05, 4.69) is 35.5 Å². The molecule has 5 rings (SSSR count). The first-order chi connectivity index (χ1) is 22.1. The number of benzene rings is 2. The Kier molecular flexibility index (Phi) is 12.1. The van der Waals surface area contributed by atoms with Crippen LogP contribution < -0.4 is 10.6 Å². The zero-order valence-corrected chi connectivity index (χ0v) is 26.2. The number of hydrogen-bond donors (Lipinski definition) is 3. The molecule has 0 aliphatic rings. The highest BCUT2D eigenvalue weighted by Gasteiger charge is 2.24. The van der Waals surface area contributed by atoms with Crippen LogP contribution in [0.2, 0.25) is 0 Å². The zero-order valence-electron chi connectivity index (χ0n) is 24.6. The van der Waals surface area contributed by atoms with Gasteiger partial charge in [0.15, 0.2) is 0 Å². The van der Waals surface area contributed by atoms with Gasteiger partial charge in [0.25, 0.3) is 0 Å². The molecule has 0 aliphatic heterocycles. The second-order valence-corrected chi connectivity index (χ2v) is 12.3. The topological polar surface area (TPSA) is 134 Å². The van der Waals surface area contributed by atoms with E-state index in [4.69, 9.17) is 9.47 Å². The number of imidazole rings is 1. The Morgan fingerprint density at radius 2 is 1.47 bits per heavy atom. The second-order valence-electron chi connectivity index (χ2n) is 10.4. The molecule has 3 aromatic heterocycles. The monoisotopic (exact) mass is 645 g/mol. The van der Waals surface area contributed by atoms with Crippen LogP contribution in [0.5, 0.6) is 0 Å². The number of aromatic amines is 1. The summed E-state index contributed by atoms with van der Waals surface area (Å²) < 4.78 is 11.0. The van der Waals surface area contributed by atoms with Crippen LogP contribution in [0.3, 0.4) is 0 Å². The van der Waals surface area contributed by atoms with Crippen molar-refractivity contribution in [3.8, 4) is 0 Å². The first-order valence-corrected chi connectivity index (χ1v) is 16.2. The van der Waals surface area contributed by atoms with Gasteiger partial charge in [-0.1, -0.05) is 60.7 Å². The molecule has 5 aromatic rings. The van der Waals surface area contributed by atoms with Crippen molar-refractivity contribution in [2.24, 2.45) is 0 Å². The summed E-state index contributed by atoms with van der Waals surface area (Å²) in [5, 5.41) is 8.71. The predicted octanol–water partition coefficient (Wildman–Crippen LogP) is 5.20. The van der Waals surface area contributed by atoms with Crippen molar-refractivity contribution in [3.05, 3.63) is 123 Å². The Bertz CT molecular complexity index is 1440. The minimum absolute atomic E-state index is 0.103. The quantitative estimate of drug-likeness (QED) is 0.133. The SMILES string of the molecule is O=C(N[C@@H](Cc1ccccc1)CN(Cc1cnc[nH]1)C[C@H](Cc1ccccc1)NC(=O)OCc1nccs1)OCc1cncs1. The van der Waals surface area contributed by atoms with E-state index in [0.29, 0.717) is 32.5 Å². The summed E-state index contributed by atoms with van der Waals surface area (Å²) in [6.45, 7) is 1.72. The van der Waals surface area contributed by atoms with Gasteiger partial charge in [0.2, 0.25) is 0 Å². The van der Waals surface area contributed by atoms with Crippen molar-refractivity contribution in [2.45, 2.75) is 44.7 Å². The number of aromatic nitrogens is 4. The van der Waals surface area contributed by atoms with Crippen LogP contribution in [0, 0.1) is 0 Å². The summed E-state index contributed by atoms with van der Waals surface area (Å²) in [6, 6.07) is 19.4. The Hall–Kier alpha value is -4.59. The van der Waals surface area contributed by atoms with E-state index in [1.54, 1.807) is 30.4 Å². The summed E-state index contributed by atoms with van der Waals surface area (Å²) in [4.78, 5) is 44.6. The lowest BCUT2D eigenvalue weighted by atomic mass is 10.0. The van der Waals surface area contributed by atoms with E-state index >= 15 is 0 Å². The number of carbonyl (C=O) groups excluding carboxylic acids is 2. The van der Waals surface area contributed by atoms with E-state index in [1.165, 1.54) is 22.7 Å². The number of carbonyl (C=O) groups is 2. The van der Waals surface area contributed by atoms with Crippen LogP contribution in [0.25, 0.3) is 0 Å². The number of ether oxygens (including phenoxy) is 2. The Balaban J connectivity index is 1.32. The van der Waals surface area contributed by atoms with Gasteiger partial charge in [-0.15, -0.1) is 22.7 Å². The average Bonchev–Trinajstić information content (AvgIpc) is 3.85. The number of H-pyrrole nitrogens is 1. The molecule has 0 bridgehead atoms. The van der Waals surface area contributed by atoms with Crippen LogP contribution in [-0.4, -0.2) is 62.2 Å². The lowest BCUT2D eigenvalue weighted by molar-refractivity contribution is 0.125. The summed E-state index contributed by atoms with van der Waals surface area (Å²) in [5.41, 5.74) is 4.77. The molecule has 0 aliphatic carbocycles. The molecular formula is C32H35N7O4S2. The van der Waals surface area contributed by atoms with Crippen molar-refractivity contribution in [1.29, 1.82) is 0 Å². The Morgan fingerprint density at radius 3 is 2.00 bits per heavy atom. The van der Waals surface area contributed by atoms with Crippen molar-refractivity contribution < 1.29 is 19.1 Å². The summed E-state index contributed by atoms with van der Waals surface area (Å²) in [7, 11) is 0. The van der Waals surface area contributed by atoms with E-state index in [-0.39, 0.29) is 25.3 Å². The number of amides is 2. The molecular weight excluding hydrogens is 611 g/mol. The van der Waals surface area contributed by atoms with E-state index in [0.717, 1.165) is 26.7 Å².